The van der Waals surface area contributed by atoms with Crippen molar-refractivity contribution in [2.45, 2.75) is 23.0 Å². The van der Waals surface area contributed by atoms with Crippen molar-refractivity contribution in [1.82, 2.24) is 4.90 Å². The van der Waals surface area contributed by atoms with Gasteiger partial charge in [0, 0.05) is 29.6 Å². The molecule has 2 aromatic carbocycles. The molecule has 9 heteroatoms. The number of fused-ring (bicyclic) bond motifs is 1. The number of halogens is 1. The van der Waals surface area contributed by atoms with Crippen molar-refractivity contribution in [3.8, 4) is 5.75 Å². The van der Waals surface area contributed by atoms with Gasteiger partial charge in [-0.05, 0) is 43.2 Å². The topological polar surface area (TPSA) is 87.7 Å². The Morgan fingerprint density at radius 1 is 1.19 bits per heavy atom. The van der Waals surface area contributed by atoms with E-state index < -0.39 is 5.25 Å². The summed E-state index contributed by atoms with van der Waals surface area (Å²) < 4.78 is 5.12. The van der Waals surface area contributed by atoms with Crippen LogP contribution in [0.1, 0.15) is 12.8 Å². The van der Waals surface area contributed by atoms with Crippen molar-refractivity contribution in [1.29, 1.82) is 0 Å². The Labute approximate surface area is 189 Å². The molecule has 2 aliphatic heterocycles. The lowest BCUT2D eigenvalue weighted by molar-refractivity contribution is -0.136. The maximum Gasteiger partial charge on any atom is 0.247 e. The van der Waals surface area contributed by atoms with Crippen LogP contribution in [0.2, 0.25) is 5.02 Å². The molecule has 162 valence electrons. The fourth-order valence-electron chi connectivity index (χ4n) is 3.73. The number of anilines is 2. The highest BCUT2D eigenvalue weighted by molar-refractivity contribution is 8.01. The van der Waals surface area contributed by atoms with Gasteiger partial charge < -0.3 is 20.3 Å². The number of hydrogen-bond donors (Lipinski definition) is 2. The normalized spacial score (nSPS) is 18.7. The third-order valence-corrected chi connectivity index (χ3v) is 7.01. The van der Waals surface area contributed by atoms with Gasteiger partial charge in [0.2, 0.25) is 17.7 Å². The highest BCUT2D eigenvalue weighted by atomic mass is 35.5. The number of thioether (sulfide) groups is 1. The van der Waals surface area contributed by atoms with E-state index in [1.807, 2.05) is 24.3 Å². The first-order valence-corrected chi connectivity index (χ1v) is 11.2. The fraction of sp³-hybridized carbons (Fsp3) is 0.318. The molecule has 0 radical (unpaired) electrons. The molecule has 0 bridgehead atoms. The quantitative estimate of drug-likeness (QED) is 0.681. The van der Waals surface area contributed by atoms with E-state index in [1.165, 1.54) is 18.9 Å². The summed E-state index contributed by atoms with van der Waals surface area (Å²) in [6, 6.07) is 12.5. The van der Waals surface area contributed by atoms with Crippen molar-refractivity contribution in [2.75, 3.05) is 30.8 Å². The van der Waals surface area contributed by atoms with E-state index in [9.17, 15) is 14.4 Å². The minimum atomic E-state index is -0.804. The summed E-state index contributed by atoms with van der Waals surface area (Å²) in [5.74, 6) is -0.285. The summed E-state index contributed by atoms with van der Waals surface area (Å²) in [5.41, 5.74) is 1.33. The van der Waals surface area contributed by atoms with Gasteiger partial charge in [0.15, 0.2) is 5.25 Å². The number of amides is 3. The van der Waals surface area contributed by atoms with Gasteiger partial charge in [-0.15, -0.1) is 11.8 Å². The largest absolute Gasteiger partial charge is 0.495 e. The fourth-order valence-corrected chi connectivity index (χ4v) is 5.06. The molecule has 1 unspecified atom stereocenters. The number of carbonyl (C=O) groups is 3. The maximum absolute atomic E-state index is 13.0. The van der Waals surface area contributed by atoms with Crippen molar-refractivity contribution >= 4 is 52.5 Å². The average molecular weight is 460 g/mol. The van der Waals surface area contributed by atoms with Crippen LogP contribution in [0.5, 0.6) is 5.75 Å². The lowest BCUT2D eigenvalue weighted by atomic mass is 9.95. The Kier molecular flexibility index (Phi) is 6.38. The number of para-hydroxylation sites is 1. The van der Waals surface area contributed by atoms with E-state index in [1.54, 1.807) is 23.1 Å². The second-order valence-electron chi connectivity index (χ2n) is 7.42. The van der Waals surface area contributed by atoms with Crippen LogP contribution >= 0.6 is 23.4 Å². The summed E-state index contributed by atoms with van der Waals surface area (Å²) in [6.07, 6.45) is 1.08. The van der Waals surface area contributed by atoms with Crippen LogP contribution in [0.25, 0.3) is 0 Å². The predicted octanol–water partition coefficient (Wildman–Crippen LogP) is 3.64. The molecule has 1 fully saturated rings. The van der Waals surface area contributed by atoms with Gasteiger partial charge in [-0.25, -0.2) is 0 Å². The Hall–Kier alpha value is -2.71. The van der Waals surface area contributed by atoms with Crippen LogP contribution in [0, 0.1) is 5.92 Å². The first kappa shape index (κ1) is 21.5. The molecule has 0 saturated carbocycles. The summed E-state index contributed by atoms with van der Waals surface area (Å²) >= 11 is 7.39. The van der Waals surface area contributed by atoms with Gasteiger partial charge in [-0.2, -0.15) is 0 Å². The number of ether oxygens (including phenoxy) is 1. The van der Waals surface area contributed by atoms with Crippen LogP contribution in [0.15, 0.2) is 47.4 Å². The number of piperidine rings is 1. The molecule has 1 saturated heterocycles. The standard InChI is InChI=1S/C22H22ClN3O4S/c1-30-17-7-6-14(12-15(17)23)24-20(27)13-8-10-26(11-9-13)22(29)19-21(28)25-16-4-2-3-5-18(16)31-19/h2-7,12-13,19H,8-11H2,1H3,(H,24,27)(H,25,28). The summed E-state index contributed by atoms with van der Waals surface area (Å²) in [6.45, 7) is 0.874. The van der Waals surface area contributed by atoms with Crippen LogP contribution in [-0.2, 0) is 14.4 Å². The average Bonchev–Trinajstić information content (AvgIpc) is 2.78. The van der Waals surface area contributed by atoms with E-state index in [0.717, 1.165) is 10.6 Å². The van der Waals surface area contributed by atoms with Crippen LogP contribution in [-0.4, -0.2) is 48.1 Å². The zero-order chi connectivity index (χ0) is 22.0. The van der Waals surface area contributed by atoms with Gasteiger partial charge in [0.1, 0.15) is 5.75 Å². The van der Waals surface area contributed by atoms with E-state index in [-0.39, 0.29) is 23.6 Å². The zero-order valence-corrected chi connectivity index (χ0v) is 18.5. The summed E-state index contributed by atoms with van der Waals surface area (Å²) in [4.78, 5) is 40.6. The number of methoxy groups -OCH3 is 1. The number of carbonyl (C=O) groups excluding carboxylic acids is 3. The first-order chi connectivity index (χ1) is 15.0. The first-order valence-electron chi connectivity index (χ1n) is 9.96. The Balaban J connectivity index is 1.33. The minimum absolute atomic E-state index is 0.105. The molecule has 7 nitrogen and oxygen atoms in total. The number of nitrogens with one attached hydrogen (secondary N) is 2. The second-order valence-corrected chi connectivity index (χ2v) is 8.98. The molecule has 4 rings (SSSR count). The highest BCUT2D eigenvalue weighted by Crippen LogP contribution is 2.36. The van der Waals surface area contributed by atoms with Gasteiger partial charge in [-0.3, -0.25) is 14.4 Å². The van der Waals surface area contributed by atoms with E-state index >= 15 is 0 Å². The van der Waals surface area contributed by atoms with Crippen LogP contribution < -0.4 is 15.4 Å². The number of nitrogens with zero attached hydrogens (tertiary/aromatic N) is 1. The van der Waals surface area contributed by atoms with E-state index in [4.69, 9.17) is 16.3 Å². The molecule has 0 spiro atoms. The predicted molar refractivity (Wildman–Crippen MR) is 121 cm³/mol. The number of benzene rings is 2. The van der Waals surface area contributed by atoms with Crippen molar-refractivity contribution < 1.29 is 19.1 Å². The molecule has 3 amide bonds. The number of likely N-dealkylation sites (tertiary alicyclic amines) is 1. The molecular formula is C22H22ClN3O4S. The molecule has 2 heterocycles. The van der Waals surface area contributed by atoms with Gasteiger partial charge >= 0.3 is 0 Å². The molecule has 2 aliphatic rings. The molecule has 31 heavy (non-hydrogen) atoms. The Morgan fingerprint density at radius 3 is 2.65 bits per heavy atom. The molecule has 2 N–H and O–H groups in total. The molecular weight excluding hydrogens is 438 g/mol. The molecule has 0 aromatic heterocycles. The van der Waals surface area contributed by atoms with Crippen molar-refractivity contribution in [3.05, 3.63) is 47.5 Å². The SMILES string of the molecule is COc1ccc(NC(=O)C2CCN(C(=O)C3Sc4ccccc4NC3=O)CC2)cc1Cl. The Bertz CT molecular complexity index is 1020. The lowest BCUT2D eigenvalue weighted by Gasteiger charge is -2.34. The summed E-state index contributed by atoms with van der Waals surface area (Å²) in [5, 5.41) is 5.30. The maximum atomic E-state index is 13.0. The van der Waals surface area contributed by atoms with E-state index in [0.29, 0.717) is 42.4 Å². The molecule has 1 atom stereocenters. The number of hydrogen-bond acceptors (Lipinski definition) is 5. The lowest BCUT2D eigenvalue weighted by Crippen LogP contribution is -2.48. The van der Waals surface area contributed by atoms with Crippen molar-refractivity contribution in [3.63, 3.8) is 0 Å². The monoisotopic (exact) mass is 459 g/mol. The van der Waals surface area contributed by atoms with E-state index in [2.05, 4.69) is 10.6 Å². The van der Waals surface area contributed by atoms with Crippen LogP contribution in [0.3, 0.4) is 0 Å². The molecule has 2 aromatic rings. The van der Waals surface area contributed by atoms with Crippen LogP contribution in [0.4, 0.5) is 11.4 Å². The highest BCUT2D eigenvalue weighted by Gasteiger charge is 2.37. The summed E-state index contributed by atoms with van der Waals surface area (Å²) in [7, 11) is 1.53. The van der Waals surface area contributed by atoms with Gasteiger partial charge in [-0.1, -0.05) is 23.7 Å². The smallest absolute Gasteiger partial charge is 0.247 e. The third kappa shape index (κ3) is 4.65. The van der Waals surface area contributed by atoms with Gasteiger partial charge in [0.05, 0.1) is 17.8 Å². The Morgan fingerprint density at radius 2 is 1.94 bits per heavy atom. The van der Waals surface area contributed by atoms with Gasteiger partial charge in [0.25, 0.3) is 0 Å². The zero-order valence-electron chi connectivity index (χ0n) is 16.9. The van der Waals surface area contributed by atoms with Crippen molar-refractivity contribution in [2.24, 2.45) is 5.92 Å². The number of rotatable bonds is 4. The second kappa shape index (κ2) is 9.20. The minimum Gasteiger partial charge on any atom is -0.495 e. The molecule has 0 aliphatic carbocycles. The third-order valence-electron chi connectivity index (χ3n) is 5.45.